The summed E-state index contributed by atoms with van der Waals surface area (Å²) >= 11 is 0. The molecule has 0 atom stereocenters. The number of aromatic nitrogens is 2. The number of nitrogens with zero attached hydrogens (tertiary/aromatic N) is 1. The highest BCUT2D eigenvalue weighted by molar-refractivity contribution is 5.89. The molecule has 0 radical (unpaired) electrons. The number of aryl methyl sites for hydroxylation is 1. The van der Waals surface area contributed by atoms with Crippen LogP contribution in [0.1, 0.15) is 16.7 Å². The summed E-state index contributed by atoms with van der Waals surface area (Å²) in [7, 11) is 5.02. The smallest absolute Gasteiger partial charge is 0.252 e. The number of nitrogens with one attached hydrogen (secondary N) is 2. The number of ether oxygens (including phenoxy) is 2. The number of methoxy groups -OCH3 is 2. The molecule has 2 N–H and O–H groups in total. The quantitative estimate of drug-likeness (QED) is 0.539. The minimum absolute atomic E-state index is 0.129. The van der Waals surface area contributed by atoms with Crippen molar-refractivity contribution in [3.05, 3.63) is 69.6 Å². The van der Waals surface area contributed by atoms with Crippen LogP contribution >= 0.6 is 0 Å². The van der Waals surface area contributed by atoms with Gasteiger partial charge in [-0.05, 0) is 48.2 Å². The van der Waals surface area contributed by atoms with E-state index in [1.807, 2.05) is 31.3 Å². The molecule has 2 heterocycles. The molecular formula is C23H23N3O3. The SMILES string of the molecule is CNc1nc2ccc(C)cc2cc1Cc1c(=O)[nH]cc2cc(OC)c(OC)cc12. The molecule has 4 rings (SSSR count). The predicted molar refractivity (Wildman–Crippen MR) is 117 cm³/mol. The number of pyridine rings is 2. The second-order valence-electron chi connectivity index (χ2n) is 7.01. The molecule has 6 nitrogen and oxygen atoms in total. The molecule has 148 valence electrons. The first-order chi connectivity index (χ1) is 14.0. The van der Waals surface area contributed by atoms with Crippen LogP contribution in [0.3, 0.4) is 0 Å². The van der Waals surface area contributed by atoms with Crippen molar-refractivity contribution in [3.8, 4) is 11.5 Å². The van der Waals surface area contributed by atoms with E-state index in [4.69, 9.17) is 14.5 Å². The number of fused-ring (bicyclic) bond motifs is 2. The van der Waals surface area contributed by atoms with Crippen LogP contribution in [0.4, 0.5) is 5.82 Å². The van der Waals surface area contributed by atoms with Crippen molar-refractivity contribution < 1.29 is 9.47 Å². The lowest BCUT2D eigenvalue weighted by Gasteiger charge is -2.14. The Labute approximate surface area is 168 Å². The molecule has 0 saturated carbocycles. The molecule has 0 bridgehead atoms. The Morgan fingerprint density at radius 3 is 2.52 bits per heavy atom. The highest BCUT2D eigenvalue weighted by Gasteiger charge is 2.15. The lowest BCUT2D eigenvalue weighted by atomic mass is 9.99. The van der Waals surface area contributed by atoms with Crippen molar-refractivity contribution in [2.24, 2.45) is 0 Å². The zero-order valence-electron chi connectivity index (χ0n) is 16.9. The third-order valence-corrected chi connectivity index (χ3v) is 5.17. The zero-order valence-corrected chi connectivity index (χ0v) is 16.9. The van der Waals surface area contributed by atoms with Crippen LogP contribution in [0.5, 0.6) is 11.5 Å². The van der Waals surface area contributed by atoms with Gasteiger partial charge >= 0.3 is 0 Å². The fourth-order valence-electron chi connectivity index (χ4n) is 3.69. The fourth-order valence-corrected chi connectivity index (χ4v) is 3.69. The Bertz CT molecular complexity index is 1280. The van der Waals surface area contributed by atoms with E-state index in [1.54, 1.807) is 20.4 Å². The first-order valence-corrected chi connectivity index (χ1v) is 9.38. The van der Waals surface area contributed by atoms with Gasteiger partial charge in [0.25, 0.3) is 5.56 Å². The van der Waals surface area contributed by atoms with Crippen molar-refractivity contribution in [1.29, 1.82) is 0 Å². The van der Waals surface area contributed by atoms with Crippen LogP contribution in [-0.4, -0.2) is 31.2 Å². The molecule has 0 amide bonds. The second kappa shape index (κ2) is 7.47. The molecule has 0 aliphatic heterocycles. The molecule has 0 aliphatic rings. The van der Waals surface area contributed by atoms with Crippen molar-refractivity contribution in [3.63, 3.8) is 0 Å². The maximum Gasteiger partial charge on any atom is 0.252 e. The zero-order chi connectivity index (χ0) is 20.5. The van der Waals surface area contributed by atoms with Crippen molar-refractivity contribution >= 4 is 27.5 Å². The van der Waals surface area contributed by atoms with Crippen LogP contribution in [-0.2, 0) is 6.42 Å². The van der Waals surface area contributed by atoms with Gasteiger partial charge < -0.3 is 19.8 Å². The molecule has 0 saturated heterocycles. The van der Waals surface area contributed by atoms with E-state index in [2.05, 4.69) is 29.4 Å². The minimum atomic E-state index is -0.129. The predicted octanol–water partition coefficient (Wildman–Crippen LogP) is 4.03. The lowest BCUT2D eigenvalue weighted by molar-refractivity contribution is 0.356. The number of anilines is 1. The molecular weight excluding hydrogens is 366 g/mol. The van der Waals surface area contributed by atoms with E-state index < -0.39 is 0 Å². The highest BCUT2D eigenvalue weighted by atomic mass is 16.5. The molecule has 0 fully saturated rings. The Kier molecular flexibility index (Phi) is 4.84. The van der Waals surface area contributed by atoms with Gasteiger partial charge in [-0.25, -0.2) is 4.98 Å². The minimum Gasteiger partial charge on any atom is -0.493 e. The van der Waals surface area contributed by atoms with E-state index in [0.717, 1.165) is 33.1 Å². The summed E-state index contributed by atoms with van der Waals surface area (Å²) in [4.78, 5) is 20.3. The first kappa shape index (κ1) is 18.8. The van der Waals surface area contributed by atoms with Gasteiger partial charge in [0.15, 0.2) is 11.5 Å². The summed E-state index contributed by atoms with van der Waals surface area (Å²) in [5, 5.41) is 5.93. The van der Waals surface area contributed by atoms with Crippen LogP contribution in [0, 0.1) is 6.92 Å². The van der Waals surface area contributed by atoms with Gasteiger partial charge in [-0.1, -0.05) is 11.6 Å². The maximum atomic E-state index is 12.7. The average Bonchev–Trinajstić information content (AvgIpc) is 2.74. The summed E-state index contributed by atoms with van der Waals surface area (Å²) in [5.74, 6) is 1.97. The standard InChI is InChI=1S/C23H23N3O3/c1-13-5-6-19-14(7-13)8-15(22(24-2)26-19)9-18-17-11-21(29-4)20(28-3)10-16(17)12-25-23(18)27/h5-8,10-12H,9H2,1-4H3,(H,24,26)(H,25,27). The lowest BCUT2D eigenvalue weighted by Crippen LogP contribution is -2.14. The monoisotopic (exact) mass is 389 g/mol. The van der Waals surface area contributed by atoms with Crippen LogP contribution in [0.15, 0.2) is 47.4 Å². The number of hydrogen-bond acceptors (Lipinski definition) is 5. The van der Waals surface area contributed by atoms with E-state index in [9.17, 15) is 4.79 Å². The van der Waals surface area contributed by atoms with Gasteiger partial charge in [-0.15, -0.1) is 0 Å². The van der Waals surface area contributed by atoms with Crippen molar-refractivity contribution in [1.82, 2.24) is 9.97 Å². The number of benzene rings is 2. The maximum absolute atomic E-state index is 12.7. The molecule has 2 aromatic carbocycles. The first-order valence-electron chi connectivity index (χ1n) is 9.38. The number of H-pyrrole nitrogens is 1. The molecule has 29 heavy (non-hydrogen) atoms. The summed E-state index contributed by atoms with van der Waals surface area (Å²) in [5.41, 5.74) is 3.58. The van der Waals surface area contributed by atoms with Crippen molar-refractivity contribution in [2.45, 2.75) is 13.3 Å². The van der Waals surface area contributed by atoms with Gasteiger partial charge in [0.1, 0.15) is 5.82 Å². The van der Waals surface area contributed by atoms with Gasteiger partial charge in [0.05, 0.1) is 19.7 Å². The molecule has 4 aromatic rings. The topological polar surface area (TPSA) is 76.2 Å². The Balaban J connectivity index is 1.91. The normalized spacial score (nSPS) is 11.0. The van der Waals surface area contributed by atoms with E-state index >= 15 is 0 Å². The van der Waals surface area contributed by atoms with Crippen molar-refractivity contribution in [2.75, 3.05) is 26.6 Å². The summed E-state index contributed by atoms with van der Waals surface area (Å²) in [6, 6.07) is 12.0. The fraction of sp³-hybridized carbons (Fsp3) is 0.217. The molecule has 6 heteroatoms. The van der Waals surface area contributed by atoms with E-state index in [0.29, 0.717) is 23.5 Å². The third kappa shape index (κ3) is 3.38. The average molecular weight is 389 g/mol. The molecule has 0 aliphatic carbocycles. The molecule has 2 aromatic heterocycles. The number of hydrogen-bond donors (Lipinski definition) is 2. The second-order valence-corrected chi connectivity index (χ2v) is 7.01. The third-order valence-electron chi connectivity index (χ3n) is 5.17. The summed E-state index contributed by atoms with van der Waals surface area (Å²) < 4.78 is 10.8. The van der Waals surface area contributed by atoms with E-state index in [1.165, 1.54) is 5.56 Å². The van der Waals surface area contributed by atoms with Crippen LogP contribution in [0.25, 0.3) is 21.7 Å². The Morgan fingerprint density at radius 1 is 1.03 bits per heavy atom. The van der Waals surface area contributed by atoms with Gasteiger partial charge in [-0.2, -0.15) is 0 Å². The van der Waals surface area contributed by atoms with Crippen LogP contribution < -0.4 is 20.3 Å². The Hall–Kier alpha value is -3.54. The summed E-state index contributed by atoms with van der Waals surface area (Å²) in [6.45, 7) is 2.06. The molecule has 0 spiro atoms. The number of rotatable bonds is 5. The van der Waals surface area contributed by atoms with Crippen LogP contribution in [0.2, 0.25) is 0 Å². The van der Waals surface area contributed by atoms with E-state index in [-0.39, 0.29) is 5.56 Å². The summed E-state index contributed by atoms with van der Waals surface area (Å²) in [6.07, 6.45) is 2.14. The Morgan fingerprint density at radius 2 is 1.79 bits per heavy atom. The molecule has 0 unspecified atom stereocenters. The van der Waals surface area contributed by atoms with Gasteiger partial charge in [-0.3, -0.25) is 4.79 Å². The largest absolute Gasteiger partial charge is 0.493 e. The number of aromatic amines is 1. The van der Waals surface area contributed by atoms with Gasteiger partial charge in [0.2, 0.25) is 0 Å². The highest BCUT2D eigenvalue weighted by Crippen LogP contribution is 2.33. The van der Waals surface area contributed by atoms with Gasteiger partial charge in [0, 0.05) is 36.0 Å².